The Labute approximate surface area is 127 Å². The molecule has 2 N–H and O–H groups in total. The van der Waals surface area contributed by atoms with Crippen LogP contribution in [0, 0.1) is 10.1 Å². The third kappa shape index (κ3) is 2.57. The van der Waals surface area contributed by atoms with Gasteiger partial charge >= 0.3 is 0 Å². The number of nitro benzene ring substituents is 1. The van der Waals surface area contributed by atoms with E-state index in [1.54, 1.807) is 12.1 Å². The Morgan fingerprint density at radius 1 is 1.33 bits per heavy atom. The lowest BCUT2D eigenvalue weighted by molar-refractivity contribution is -0.384. The molecule has 3 rings (SSSR count). The highest BCUT2D eigenvalue weighted by Crippen LogP contribution is 2.37. The molecule has 5 nitrogen and oxygen atoms in total. The van der Waals surface area contributed by atoms with E-state index in [4.69, 9.17) is 17.3 Å². The van der Waals surface area contributed by atoms with Crippen molar-refractivity contribution in [3.63, 3.8) is 0 Å². The number of nitrogens with two attached hydrogens (primary N) is 1. The maximum Gasteiger partial charge on any atom is 0.269 e. The van der Waals surface area contributed by atoms with Crippen molar-refractivity contribution in [3.8, 4) is 0 Å². The predicted molar refractivity (Wildman–Crippen MR) is 82.5 cm³/mol. The maximum atomic E-state index is 10.9. The minimum absolute atomic E-state index is 0.0730. The first-order chi connectivity index (χ1) is 10.1. The highest BCUT2D eigenvalue weighted by molar-refractivity contribution is 6.31. The lowest BCUT2D eigenvalue weighted by Gasteiger charge is -2.20. The van der Waals surface area contributed by atoms with Crippen molar-refractivity contribution in [3.05, 3.63) is 68.7 Å². The van der Waals surface area contributed by atoms with Crippen LogP contribution >= 0.6 is 11.6 Å². The summed E-state index contributed by atoms with van der Waals surface area (Å²) < 4.78 is 0. The fraction of sp³-hybridized carbons (Fsp3) is 0.200. The number of hydrogen-bond acceptors (Lipinski definition) is 4. The van der Waals surface area contributed by atoms with Gasteiger partial charge in [-0.2, -0.15) is 0 Å². The number of non-ortho nitro benzene ring substituents is 1. The molecule has 0 spiro atoms. The van der Waals surface area contributed by atoms with Crippen molar-refractivity contribution in [1.82, 2.24) is 0 Å². The summed E-state index contributed by atoms with van der Waals surface area (Å²) in [5.74, 6) is 0. The molecule has 0 radical (unpaired) electrons. The van der Waals surface area contributed by atoms with Crippen LogP contribution in [-0.4, -0.2) is 11.5 Å². The van der Waals surface area contributed by atoms with Crippen molar-refractivity contribution in [1.29, 1.82) is 0 Å². The van der Waals surface area contributed by atoms with Gasteiger partial charge in [-0.15, -0.1) is 0 Å². The highest BCUT2D eigenvalue weighted by Gasteiger charge is 2.28. The molecule has 0 aliphatic carbocycles. The van der Waals surface area contributed by atoms with Crippen molar-refractivity contribution in [2.45, 2.75) is 12.6 Å². The van der Waals surface area contributed by atoms with Crippen LogP contribution in [0.3, 0.4) is 0 Å². The van der Waals surface area contributed by atoms with Crippen LogP contribution in [-0.2, 0) is 6.54 Å². The van der Waals surface area contributed by atoms with Crippen LogP contribution in [0.1, 0.15) is 17.2 Å². The van der Waals surface area contributed by atoms with E-state index in [0.717, 1.165) is 16.8 Å². The molecule has 0 fully saturated rings. The summed E-state index contributed by atoms with van der Waals surface area (Å²) in [7, 11) is 0. The van der Waals surface area contributed by atoms with Crippen LogP contribution in [0.4, 0.5) is 11.4 Å². The summed E-state index contributed by atoms with van der Waals surface area (Å²) in [6.45, 7) is 1.26. The number of hydrogen-bond donors (Lipinski definition) is 1. The standard InChI is InChI=1S/C15H14ClN3O2/c16-13-4-2-1-3-10(13)8-18-9-14(17)12-7-11(19(20)21)5-6-15(12)18/h1-7,14H,8-9,17H2/t14-/m0/s1. The Morgan fingerprint density at radius 3 is 2.81 bits per heavy atom. The SMILES string of the molecule is N[C@H]1CN(Cc2ccccc2Cl)c2ccc([N+](=O)[O-])cc21. The summed E-state index contributed by atoms with van der Waals surface area (Å²) in [4.78, 5) is 12.6. The molecule has 1 heterocycles. The van der Waals surface area contributed by atoms with E-state index in [1.165, 1.54) is 6.07 Å². The van der Waals surface area contributed by atoms with Gasteiger partial charge < -0.3 is 10.6 Å². The zero-order valence-electron chi connectivity index (χ0n) is 11.2. The van der Waals surface area contributed by atoms with E-state index in [9.17, 15) is 10.1 Å². The minimum Gasteiger partial charge on any atom is -0.365 e. The van der Waals surface area contributed by atoms with Crippen molar-refractivity contribution in [2.75, 3.05) is 11.4 Å². The molecule has 0 unspecified atom stereocenters. The fourth-order valence-electron chi connectivity index (χ4n) is 2.66. The third-order valence-electron chi connectivity index (χ3n) is 3.70. The molecule has 0 aromatic heterocycles. The van der Waals surface area contributed by atoms with E-state index < -0.39 is 4.92 Å². The summed E-state index contributed by atoms with van der Waals surface area (Å²) in [6, 6.07) is 12.3. The van der Waals surface area contributed by atoms with Gasteiger partial charge in [0.1, 0.15) is 0 Å². The molecule has 21 heavy (non-hydrogen) atoms. The average molecular weight is 304 g/mol. The first-order valence-corrected chi connectivity index (χ1v) is 6.96. The number of nitrogens with zero attached hydrogens (tertiary/aromatic N) is 2. The van der Waals surface area contributed by atoms with Gasteiger partial charge in [-0.05, 0) is 17.7 Å². The second kappa shape index (κ2) is 5.35. The van der Waals surface area contributed by atoms with Gasteiger partial charge in [-0.3, -0.25) is 10.1 Å². The van der Waals surface area contributed by atoms with Crippen LogP contribution in [0.5, 0.6) is 0 Å². The van der Waals surface area contributed by atoms with Crippen molar-refractivity contribution < 1.29 is 4.92 Å². The Balaban J connectivity index is 1.92. The molecule has 0 amide bonds. The van der Waals surface area contributed by atoms with Crippen molar-refractivity contribution in [2.24, 2.45) is 5.73 Å². The summed E-state index contributed by atoms with van der Waals surface area (Å²) >= 11 is 6.19. The lowest BCUT2D eigenvalue weighted by Crippen LogP contribution is -2.24. The molecule has 0 saturated carbocycles. The third-order valence-corrected chi connectivity index (χ3v) is 4.07. The van der Waals surface area contributed by atoms with Gasteiger partial charge in [0.2, 0.25) is 0 Å². The molecule has 0 saturated heterocycles. The van der Waals surface area contributed by atoms with Gasteiger partial charge in [0.25, 0.3) is 5.69 Å². The van der Waals surface area contributed by atoms with Gasteiger partial charge in [0.05, 0.1) is 4.92 Å². The summed E-state index contributed by atoms with van der Waals surface area (Å²) in [5.41, 5.74) is 8.94. The quantitative estimate of drug-likeness (QED) is 0.697. The van der Waals surface area contributed by atoms with Crippen molar-refractivity contribution >= 4 is 23.0 Å². The molecule has 1 atom stereocenters. The van der Waals surface area contributed by atoms with Gasteiger partial charge in [-0.1, -0.05) is 29.8 Å². The van der Waals surface area contributed by atoms with Gasteiger partial charge in [0.15, 0.2) is 0 Å². The topological polar surface area (TPSA) is 72.4 Å². The first kappa shape index (κ1) is 13.9. The molecular weight excluding hydrogens is 290 g/mol. The lowest BCUT2D eigenvalue weighted by atomic mass is 10.1. The zero-order chi connectivity index (χ0) is 15.0. The monoisotopic (exact) mass is 303 g/mol. The zero-order valence-corrected chi connectivity index (χ0v) is 12.0. The second-order valence-corrected chi connectivity index (χ2v) is 5.49. The van der Waals surface area contributed by atoms with E-state index in [-0.39, 0.29) is 11.7 Å². The summed E-state index contributed by atoms with van der Waals surface area (Å²) in [6.07, 6.45) is 0. The number of rotatable bonds is 3. The first-order valence-electron chi connectivity index (χ1n) is 6.58. The molecule has 6 heteroatoms. The number of halogens is 1. The fourth-order valence-corrected chi connectivity index (χ4v) is 2.85. The largest absolute Gasteiger partial charge is 0.365 e. The van der Waals surface area contributed by atoms with E-state index in [1.807, 2.05) is 24.3 Å². The molecule has 1 aliphatic heterocycles. The van der Waals surface area contributed by atoms with E-state index in [2.05, 4.69) is 4.90 Å². The highest BCUT2D eigenvalue weighted by atomic mass is 35.5. The summed E-state index contributed by atoms with van der Waals surface area (Å²) in [5, 5.41) is 11.6. The molecule has 0 bridgehead atoms. The number of nitro groups is 1. The van der Waals surface area contributed by atoms with Crippen LogP contribution in [0.2, 0.25) is 5.02 Å². The molecule has 1 aliphatic rings. The number of benzene rings is 2. The number of fused-ring (bicyclic) bond motifs is 1. The Morgan fingerprint density at radius 2 is 2.10 bits per heavy atom. The molecule has 108 valence electrons. The molecule has 2 aromatic rings. The second-order valence-electron chi connectivity index (χ2n) is 5.08. The maximum absolute atomic E-state index is 10.9. The van der Waals surface area contributed by atoms with Crippen LogP contribution in [0.25, 0.3) is 0 Å². The van der Waals surface area contributed by atoms with Crippen LogP contribution < -0.4 is 10.6 Å². The smallest absolute Gasteiger partial charge is 0.269 e. The Hall–Kier alpha value is -2.11. The normalized spacial score (nSPS) is 16.9. The Kier molecular flexibility index (Phi) is 3.53. The number of anilines is 1. The predicted octanol–water partition coefficient (Wildman–Crippen LogP) is 3.27. The van der Waals surface area contributed by atoms with Crippen LogP contribution in [0.15, 0.2) is 42.5 Å². The minimum atomic E-state index is -0.399. The molecular formula is C15H14ClN3O2. The Bertz CT molecular complexity index is 705. The van der Waals surface area contributed by atoms with Gasteiger partial charge in [0, 0.05) is 47.5 Å². The average Bonchev–Trinajstić information content (AvgIpc) is 2.77. The van der Waals surface area contributed by atoms with E-state index in [0.29, 0.717) is 18.1 Å². The van der Waals surface area contributed by atoms with E-state index >= 15 is 0 Å². The van der Waals surface area contributed by atoms with Gasteiger partial charge in [-0.25, -0.2) is 0 Å². The molecule has 2 aromatic carbocycles.